The summed E-state index contributed by atoms with van der Waals surface area (Å²) >= 11 is 0. The Balaban J connectivity index is 2.42. The highest BCUT2D eigenvalue weighted by molar-refractivity contribution is 5.84. The van der Waals surface area contributed by atoms with Crippen LogP contribution in [0.4, 0.5) is 0 Å². The Morgan fingerprint density at radius 1 is 1.33 bits per heavy atom. The molecule has 1 aliphatic heterocycles. The number of hydrogen-bond acceptors (Lipinski definition) is 3. The smallest absolute Gasteiger partial charge is 0.241 e. The van der Waals surface area contributed by atoms with Crippen molar-refractivity contribution >= 4 is 5.91 Å². The van der Waals surface area contributed by atoms with E-state index in [4.69, 9.17) is 0 Å². The SMILES string of the molecule is CCC1NC(CC)N(CCCN(C)C(C)C)C1=O. The molecule has 0 saturated carbocycles. The number of amides is 1. The first-order valence-electron chi connectivity index (χ1n) is 7.28. The predicted molar refractivity (Wildman–Crippen MR) is 75.4 cm³/mol. The lowest BCUT2D eigenvalue weighted by atomic mass is 10.2. The van der Waals surface area contributed by atoms with E-state index >= 15 is 0 Å². The van der Waals surface area contributed by atoms with Crippen LogP contribution in [0.5, 0.6) is 0 Å². The molecule has 1 fully saturated rings. The molecule has 2 unspecified atom stereocenters. The van der Waals surface area contributed by atoms with Gasteiger partial charge in [0, 0.05) is 12.6 Å². The number of nitrogens with one attached hydrogen (secondary N) is 1. The van der Waals surface area contributed by atoms with Gasteiger partial charge in [0.05, 0.1) is 12.2 Å². The molecule has 0 aromatic carbocycles. The Hall–Kier alpha value is -0.610. The van der Waals surface area contributed by atoms with Crippen molar-refractivity contribution in [2.24, 2.45) is 0 Å². The summed E-state index contributed by atoms with van der Waals surface area (Å²) in [5, 5.41) is 3.41. The highest BCUT2D eigenvalue weighted by atomic mass is 16.2. The average molecular weight is 255 g/mol. The minimum atomic E-state index is 0.0396. The fourth-order valence-electron chi connectivity index (χ4n) is 2.39. The number of hydrogen-bond donors (Lipinski definition) is 1. The first kappa shape index (κ1) is 15.4. The van der Waals surface area contributed by atoms with Crippen molar-refractivity contribution in [1.82, 2.24) is 15.1 Å². The molecule has 0 aliphatic carbocycles. The number of rotatable bonds is 7. The zero-order valence-electron chi connectivity index (χ0n) is 12.6. The number of nitrogens with zero attached hydrogens (tertiary/aromatic N) is 2. The van der Waals surface area contributed by atoms with Gasteiger partial charge in [0.1, 0.15) is 0 Å². The van der Waals surface area contributed by atoms with Crippen LogP contribution < -0.4 is 5.32 Å². The lowest BCUT2D eigenvalue weighted by Crippen LogP contribution is -2.39. The van der Waals surface area contributed by atoms with Gasteiger partial charge in [-0.15, -0.1) is 0 Å². The quantitative estimate of drug-likeness (QED) is 0.751. The van der Waals surface area contributed by atoms with Gasteiger partial charge in [0.2, 0.25) is 5.91 Å². The monoisotopic (exact) mass is 255 g/mol. The van der Waals surface area contributed by atoms with E-state index < -0.39 is 0 Å². The van der Waals surface area contributed by atoms with Gasteiger partial charge in [-0.05, 0) is 46.7 Å². The molecular formula is C14H29N3O. The summed E-state index contributed by atoms with van der Waals surface area (Å²) < 4.78 is 0. The Morgan fingerprint density at radius 2 is 2.00 bits per heavy atom. The van der Waals surface area contributed by atoms with Gasteiger partial charge >= 0.3 is 0 Å². The van der Waals surface area contributed by atoms with E-state index in [0.717, 1.165) is 32.4 Å². The van der Waals surface area contributed by atoms with Crippen molar-refractivity contribution in [2.75, 3.05) is 20.1 Å². The molecule has 2 atom stereocenters. The molecule has 1 rings (SSSR count). The van der Waals surface area contributed by atoms with E-state index in [9.17, 15) is 4.79 Å². The summed E-state index contributed by atoms with van der Waals surface area (Å²) in [6.45, 7) is 10.5. The molecule has 106 valence electrons. The van der Waals surface area contributed by atoms with E-state index in [2.05, 4.69) is 45.0 Å². The zero-order chi connectivity index (χ0) is 13.7. The van der Waals surface area contributed by atoms with Gasteiger partial charge in [-0.2, -0.15) is 0 Å². The summed E-state index contributed by atoms with van der Waals surface area (Å²) in [5.74, 6) is 0.288. The Kier molecular flexibility index (Phi) is 6.09. The maximum absolute atomic E-state index is 12.2. The van der Waals surface area contributed by atoms with Crippen LogP contribution in [0.1, 0.15) is 47.0 Å². The topological polar surface area (TPSA) is 35.6 Å². The summed E-state index contributed by atoms with van der Waals surface area (Å²) in [6.07, 6.45) is 3.17. The van der Waals surface area contributed by atoms with Crippen LogP contribution in [-0.4, -0.2) is 54.1 Å². The largest absolute Gasteiger partial charge is 0.326 e. The van der Waals surface area contributed by atoms with Crippen molar-refractivity contribution in [3.8, 4) is 0 Å². The second-order valence-electron chi connectivity index (χ2n) is 5.51. The summed E-state index contributed by atoms with van der Waals surface area (Å²) in [6, 6.07) is 0.612. The highest BCUT2D eigenvalue weighted by Crippen LogP contribution is 2.16. The maximum Gasteiger partial charge on any atom is 0.241 e. The molecule has 1 saturated heterocycles. The van der Waals surface area contributed by atoms with Gasteiger partial charge in [0.25, 0.3) is 0 Å². The first-order valence-corrected chi connectivity index (χ1v) is 7.28. The van der Waals surface area contributed by atoms with E-state index in [-0.39, 0.29) is 18.1 Å². The zero-order valence-corrected chi connectivity index (χ0v) is 12.6. The third kappa shape index (κ3) is 3.69. The van der Waals surface area contributed by atoms with E-state index in [1.807, 2.05) is 4.90 Å². The lowest BCUT2D eigenvalue weighted by Gasteiger charge is -2.26. The molecule has 0 radical (unpaired) electrons. The molecule has 1 heterocycles. The Labute approximate surface area is 112 Å². The molecular weight excluding hydrogens is 226 g/mol. The molecule has 1 aliphatic rings. The fourth-order valence-corrected chi connectivity index (χ4v) is 2.39. The standard InChI is InChI=1S/C14H29N3O/c1-6-12-14(18)17(13(7-2)15-12)10-8-9-16(5)11(3)4/h11-13,15H,6-10H2,1-5H3. The minimum Gasteiger partial charge on any atom is -0.326 e. The van der Waals surface area contributed by atoms with Crippen molar-refractivity contribution in [2.45, 2.75) is 65.2 Å². The van der Waals surface area contributed by atoms with Gasteiger partial charge < -0.3 is 9.80 Å². The summed E-state index contributed by atoms with van der Waals surface area (Å²) in [7, 11) is 2.14. The van der Waals surface area contributed by atoms with Crippen LogP contribution in [0.25, 0.3) is 0 Å². The molecule has 4 heteroatoms. The third-order valence-electron chi connectivity index (χ3n) is 3.94. The van der Waals surface area contributed by atoms with Crippen LogP contribution >= 0.6 is 0 Å². The second kappa shape index (κ2) is 7.10. The molecule has 0 spiro atoms. The Morgan fingerprint density at radius 3 is 2.50 bits per heavy atom. The maximum atomic E-state index is 12.2. The van der Waals surface area contributed by atoms with Crippen molar-refractivity contribution in [1.29, 1.82) is 0 Å². The lowest BCUT2D eigenvalue weighted by molar-refractivity contribution is -0.130. The molecule has 0 bridgehead atoms. The first-order chi connectivity index (χ1) is 8.51. The molecule has 0 aromatic rings. The number of carbonyl (C=O) groups is 1. The van der Waals surface area contributed by atoms with Crippen LogP contribution in [0.3, 0.4) is 0 Å². The average Bonchev–Trinajstić information content (AvgIpc) is 2.65. The fraction of sp³-hybridized carbons (Fsp3) is 0.929. The summed E-state index contributed by atoms with van der Waals surface area (Å²) in [4.78, 5) is 16.5. The van der Waals surface area contributed by atoms with Crippen LogP contribution in [0.2, 0.25) is 0 Å². The molecule has 0 aromatic heterocycles. The van der Waals surface area contributed by atoms with Crippen LogP contribution in [-0.2, 0) is 4.79 Å². The Bertz CT molecular complexity index is 268. The molecule has 1 N–H and O–H groups in total. The molecule has 1 amide bonds. The van der Waals surface area contributed by atoms with Gasteiger partial charge in [-0.1, -0.05) is 13.8 Å². The van der Waals surface area contributed by atoms with E-state index in [1.165, 1.54) is 0 Å². The normalized spacial score (nSPS) is 24.6. The van der Waals surface area contributed by atoms with Gasteiger partial charge in [-0.25, -0.2) is 0 Å². The third-order valence-corrected chi connectivity index (χ3v) is 3.94. The van der Waals surface area contributed by atoms with Crippen LogP contribution in [0.15, 0.2) is 0 Å². The molecule has 18 heavy (non-hydrogen) atoms. The predicted octanol–water partition coefficient (Wildman–Crippen LogP) is 1.66. The second-order valence-corrected chi connectivity index (χ2v) is 5.51. The molecule has 4 nitrogen and oxygen atoms in total. The summed E-state index contributed by atoms with van der Waals surface area (Å²) in [5.41, 5.74) is 0. The van der Waals surface area contributed by atoms with Gasteiger partial charge in [-0.3, -0.25) is 10.1 Å². The minimum absolute atomic E-state index is 0.0396. The van der Waals surface area contributed by atoms with E-state index in [0.29, 0.717) is 6.04 Å². The van der Waals surface area contributed by atoms with Crippen LogP contribution in [0, 0.1) is 0 Å². The number of carbonyl (C=O) groups excluding carboxylic acids is 1. The van der Waals surface area contributed by atoms with Gasteiger partial charge in [0.15, 0.2) is 0 Å². The van der Waals surface area contributed by atoms with Crippen molar-refractivity contribution in [3.63, 3.8) is 0 Å². The van der Waals surface area contributed by atoms with Crippen molar-refractivity contribution in [3.05, 3.63) is 0 Å². The van der Waals surface area contributed by atoms with E-state index in [1.54, 1.807) is 0 Å². The van der Waals surface area contributed by atoms with Crippen molar-refractivity contribution < 1.29 is 4.79 Å². The highest BCUT2D eigenvalue weighted by Gasteiger charge is 2.36.